The first-order valence-corrected chi connectivity index (χ1v) is 11.0. The lowest BCUT2D eigenvalue weighted by Gasteiger charge is -2.22. The van der Waals surface area contributed by atoms with Crippen molar-refractivity contribution in [1.82, 2.24) is 10.6 Å². The van der Waals surface area contributed by atoms with Gasteiger partial charge in [-0.3, -0.25) is 4.99 Å². The lowest BCUT2D eigenvalue weighted by molar-refractivity contribution is 0.601. The molecular formula is C18H31IN4O2S. The zero-order valence-electron chi connectivity index (χ0n) is 15.9. The van der Waals surface area contributed by atoms with E-state index in [1.165, 1.54) is 30.3 Å². The number of nitrogens with one attached hydrogen (secondary N) is 2. The van der Waals surface area contributed by atoms with Crippen molar-refractivity contribution in [2.24, 2.45) is 4.99 Å². The first-order chi connectivity index (χ1) is 11.9. The number of halogens is 1. The van der Waals surface area contributed by atoms with Gasteiger partial charge >= 0.3 is 0 Å². The highest BCUT2D eigenvalue weighted by Gasteiger charge is 2.14. The SMILES string of the molecule is CCNC(=NCCS(C)(=O)=O)NC(C)c1cccc(N2CCCC2)c1.I. The molecule has 0 amide bonds. The highest BCUT2D eigenvalue weighted by Crippen LogP contribution is 2.23. The van der Waals surface area contributed by atoms with E-state index in [0.717, 1.165) is 19.6 Å². The van der Waals surface area contributed by atoms with Crippen molar-refractivity contribution < 1.29 is 8.42 Å². The third kappa shape index (κ3) is 7.69. The molecular weight excluding hydrogens is 463 g/mol. The summed E-state index contributed by atoms with van der Waals surface area (Å²) in [4.78, 5) is 6.79. The molecule has 1 heterocycles. The minimum Gasteiger partial charge on any atom is -0.372 e. The van der Waals surface area contributed by atoms with Crippen LogP contribution in [0.15, 0.2) is 29.3 Å². The Labute approximate surface area is 174 Å². The minimum atomic E-state index is -3.00. The van der Waals surface area contributed by atoms with E-state index in [1.54, 1.807) is 0 Å². The molecule has 0 aromatic heterocycles. The highest BCUT2D eigenvalue weighted by molar-refractivity contribution is 14.0. The van der Waals surface area contributed by atoms with Gasteiger partial charge in [0.15, 0.2) is 5.96 Å². The molecule has 1 fully saturated rings. The van der Waals surface area contributed by atoms with Gasteiger partial charge in [0.25, 0.3) is 0 Å². The average molecular weight is 494 g/mol. The molecule has 2 N–H and O–H groups in total. The zero-order chi connectivity index (χ0) is 18.3. The summed E-state index contributed by atoms with van der Waals surface area (Å²) in [6.45, 7) is 7.32. The van der Waals surface area contributed by atoms with Crippen LogP contribution in [-0.4, -0.2) is 52.6 Å². The number of aliphatic imine (C=N–C) groups is 1. The Kier molecular flexibility index (Phi) is 9.70. The largest absolute Gasteiger partial charge is 0.372 e. The average Bonchev–Trinajstić information content (AvgIpc) is 3.08. The lowest BCUT2D eigenvalue weighted by atomic mass is 10.1. The summed E-state index contributed by atoms with van der Waals surface area (Å²) in [5.41, 5.74) is 2.46. The predicted molar refractivity (Wildman–Crippen MR) is 121 cm³/mol. The van der Waals surface area contributed by atoms with Crippen LogP contribution in [0.1, 0.15) is 38.3 Å². The lowest BCUT2D eigenvalue weighted by Crippen LogP contribution is -2.39. The van der Waals surface area contributed by atoms with Crippen molar-refractivity contribution in [3.63, 3.8) is 0 Å². The van der Waals surface area contributed by atoms with Gasteiger partial charge in [-0.05, 0) is 44.4 Å². The maximum absolute atomic E-state index is 11.3. The molecule has 148 valence electrons. The molecule has 26 heavy (non-hydrogen) atoms. The third-order valence-corrected chi connectivity index (χ3v) is 5.20. The number of nitrogens with zero attached hydrogens (tertiary/aromatic N) is 2. The second-order valence-electron chi connectivity index (χ2n) is 6.55. The van der Waals surface area contributed by atoms with Gasteiger partial charge in [0.1, 0.15) is 9.84 Å². The Morgan fingerprint density at radius 1 is 1.31 bits per heavy atom. The van der Waals surface area contributed by atoms with E-state index in [0.29, 0.717) is 5.96 Å². The second kappa shape index (κ2) is 11.0. The molecule has 1 unspecified atom stereocenters. The summed E-state index contributed by atoms with van der Waals surface area (Å²) in [7, 11) is -3.00. The number of rotatable bonds is 7. The monoisotopic (exact) mass is 494 g/mol. The van der Waals surface area contributed by atoms with Crippen molar-refractivity contribution >= 4 is 45.5 Å². The van der Waals surface area contributed by atoms with Gasteiger partial charge < -0.3 is 15.5 Å². The van der Waals surface area contributed by atoms with E-state index in [1.807, 2.05) is 6.92 Å². The molecule has 1 atom stereocenters. The molecule has 1 aromatic carbocycles. The fourth-order valence-corrected chi connectivity index (χ4v) is 3.32. The number of anilines is 1. The van der Waals surface area contributed by atoms with Crippen molar-refractivity contribution in [2.45, 2.75) is 32.7 Å². The van der Waals surface area contributed by atoms with Crippen LogP contribution in [0.4, 0.5) is 5.69 Å². The molecule has 1 saturated heterocycles. The third-order valence-electron chi connectivity index (χ3n) is 4.27. The van der Waals surface area contributed by atoms with Crippen molar-refractivity contribution in [3.8, 4) is 0 Å². The van der Waals surface area contributed by atoms with Gasteiger partial charge in [-0.15, -0.1) is 24.0 Å². The van der Waals surface area contributed by atoms with Crippen molar-refractivity contribution in [2.75, 3.05) is 43.1 Å². The maximum atomic E-state index is 11.3. The van der Waals surface area contributed by atoms with Gasteiger partial charge in [0.2, 0.25) is 0 Å². The molecule has 0 bridgehead atoms. The molecule has 0 aliphatic carbocycles. The summed E-state index contributed by atoms with van der Waals surface area (Å²) in [5.74, 6) is 0.702. The predicted octanol–water partition coefficient (Wildman–Crippen LogP) is 2.57. The summed E-state index contributed by atoms with van der Waals surface area (Å²) in [6.07, 6.45) is 3.75. The molecule has 2 rings (SSSR count). The van der Waals surface area contributed by atoms with E-state index in [2.05, 4.69) is 51.7 Å². The molecule has 1 aromatic rings. The summed E-state index contributed by atoms with van der Waals surface area (Å²) in [5, 5.41) is 6.54. The van der Waals surface area contributed by atoms with Crippen LogP contribution in [0, 0.1) is 0 Å². The van der Waals surface area contributed by atoms with E-state index in [-0.39, 0.29) is 42.3 Å². The van der Waals surface area contributed by atoms with Crippen LogP contribution in [-0.2, 0) is 9.84 Å². The molecule has 6 nitrogen and oxygen atoms in total. The van der Waals surface area contributed by atoms with Gasteiger partial charge in [0, 0.05) is 31.6 Å². The van der Waals surface area contributed by atoms with Crippen LogP contribution >= 0.6 is 24.0 Å². The normalized spacial score (nSPS) is 16.1. The van der Waals surface area contributed by atoms with Crippen LogP contribution in [0.3, 0.4) is 0 Å². The van der Waals surface area contributed by atoms with E-state index >= 15 is 0 Å². The first-order valence-electron chi connectivity index (χ1n) is 8.96. The second-order valence-corrected chi connectivity index (χ2v) is 8.81. The fraction of sp³-hybridized carbons (Fsp3) is 0.611. The van der Waals surface area contributed by atoms with Crippen LogP contribution in [0.2, 0.25) is 0 Å². The van der Waals surface area contributed by atoms with E-state index in [4.69, 9.17) is 0 Å². The number of hydrogen-bond acceptors (Lipinski definition) is 4. The standard InChI is InChI=1S/C18H30N4O2S.HI/c1-4-19-18(20-10-13-25(3,23)24)21-15(2)16-8-7-9-17(14-16)22-11-5-6-12-22;/h7-9,14-15H,4-6,10-13H2,1-3H3,(H2,19,20,21);1H. The quantitative estimate of drug-likeness (QED) is 0.347. The number of sulfone groups is 1. The molecule has 1 aliphatic rings. The first kappa shape index (κ1) is 23.0. The Morgan fingerprint density at radius 2 is 2.00 bits per heavy atom. The van der Waals surface area contributed by atoms with Gasteiger partial charge in [-0.1, -0.05) is 12.1 Å². The molecule has 8 heteroatoms. The van der Waals surface area contributed by atoms with Crippen LogP contribution in [0.5, 0.6) is 0 Å². The maximum Gasteiger partial charge on any atom is 0.191 e. The Bertz CT molecular complexity index is 688. The molecule has 0 saturated carbocycles. The number of benzene rings is 1. The summed E-state index contributed by atoms with van der Waals surface area (Å²) in [6, 6.07) is 8.67. The molecule has 0 spiro atoms. The van der Waals surface area contributed by atoms with Crippen molar-refractivity contribution in [1.29, 1.82) is 0 Å². The highest BCUT2D eigenvalue weighted by atomic mass is 127. The van der Waals surface area contributed by atoms with Crippen molar-refractivity contribution in [3.05, 3.63) is 29.8 Å². The molecule has 1 aliphatic heterocycles. The zero-order valence-corrected chi connectivity index (χ0v) is 19.0. The minimum absolute atomic E-state index is 0. The smallest absolute Gasteiger partial charge is 0.191 e. The number of guanidine groups is 1. The summed E-state index contributed by atoms with van der Waals surface area (Å²) >= 11 is 0. The fourth-order valence-electron chi connectivity index (χ4n) is 2.90. The number of hydrogen-bond donors (Lipinski definition) is 2. The van der Waals surface area contributed by atoms with Gasteiger partial charge in [-0.25, -0.2) is 8.42 Å². The van der Waals surface area contributed by atoms with E-state index in [9.17, 15) is 8.42 Å². The Hall–Kier alpha value is -1.03. The molecule has 0 radical (unpaired) electrons. The van der Waals surface area contributed by atoms with E-state index < -0.39 is 9.84 Å². The van der Waals surface area contributed by atoms with Gasteiger partial charge in [-0.2, -0.15) is 0 Å². The Balaban J connectivity index is 0.00000338. The van der Waals surface area contributed by atoms with Crippen LogP contribution in [0.25, 0.3) is 0 Å². The topological polar surface area (TPSA) is 73.8 Å². The van der Waals surface area contributed by atoms with Gasteiger partial charge in [0.05, 0.1) is 18.3 Å². The Morgan fingerprint density at radius 3 is 2.62 bits per heavy atom. The summed E-state index contributed by atoms with van der Waals surface area (Å²) < 4.78 is 22.5. The van der Waals surface area contributed by atoms with Crippen LogP contribution < -0.4 is 15.5 Å².